The molecule has 2 aliphatic rings. The number of nitriles is 1. The van der Waals surface area contributed by atoms with Crippen LogP contribution in [0.15, 0.2) is 12.4 Å². The minimum atomic E-state index is 0.283. The van der Waals surface area contributed by atoms with E-state index in [1.165, 1.54) is 31.9 Å². The quantitative estimate of drug-likeness (QED) is 0.911. The zero-order valence-corrected chi connectivity index (χ0v) is 11.8. The van der Waals surface area contributed by atoms with Crippen molar-refractivity contribution in [2.24, 2.45) is 5.41 Å². The highest BCUT2D eigenvalue weighted by atomic mass is 16.5. The summed E-state index contributed by atoms with van der Waals surface area (Å²) in [6, 6.07) is 2.41. The van der Waals surface area contributed by atoms with E-state index in [-0.39, 0.29) is 5.41 Å². The van der Waals surface area contributed by atoms with Gasteiger partial charge < -0.3 is 10.1 Å². The van der Waals surface area contributed by atoms with Crippen LogP contribution in [0, 0.1) is 16.7 Å². The van der Waals surface area contributed by atoms with Crippen LogP contribution in [0.3, 0.4) is 0 Å². The van der Waals surface area contributed by atoms with Crippen LogP contribution in [-0.4, -0.2) is 28.7 Å². The van der Waals surface area contributed by atoms with Crippen molar-refractivity contribution >= 4 is 5.82 Å². The van der Waals surface area contributed by atoms with Crippen LogP contribution in [-0.2, 0) is 4.74 Å². The van der Waals surface area contributed by atoms with Gasteiger partial charge in [0.05, 0.1) is 18.5 Å². The number of hydrogen-bond donors (Lipinski definition) is 1. The summed E-state index contributed by atoms with van der Waals surface area (Å²) in [5.74, 6) is 0.759. The summed E-state index contributed by atoms with van der Waals surface area (Å²) in [7, 11) is 0. The summed E-state index contributed by atoms with van der Waals surface area (Å²) in [6.07, 6.45) is 9.64. The predicted molar refractivity (Wildman–Crippen MR) is 75.1 cm³/mol. The normalized spacial score (nSPS) is 27.0. The van der Waals surface area contributed by atoms with Crippen molar-refractivity contribution in [2.45, 2.75) is 51.2 Å². The van der Waals surface area contributed by atoms with Crippen LogP contribution in [0.1, 0.15) is 44.7 Å². The molecule has 0 aromatic carbocycles. The van der Waals surface area contributed by atoms with E-state index in [1.807, 2.05) is 6.07 Å². The van der Waals surface area contributed by atoms with Gasteiger partial charge in [-0.3, -0.25) is 0 Å². The maximum Gasteiger partial charge on any atom is 0.158 e. The SMILES string of the molecule is CCOC1CC(Nc2cnc(C#N)cn2)C12CCCC2. The van der Waals surface area contributed by atoms with Crippen LogP contribution >= 0.6 is 0 Å². The van der Waals surface area contributed by atoms with E-state index in [9.17, 15) is 0 Å². The maximum atomic E-state index is 8.74. The Morgan fingerprint density at radius 1 is 1.40 bits per heavy atom. The average molecular weight is 272 g/mol. The second kappa shape index (κ2) is 5.37. The minimum absolute atomic E-state index is 0.283. The molecule has 106 valence electrons. The lowest BCUT2D eigenvalue weighted by Crippen LogP contribution is -2.60. The molecular formula is C15H20N4O. The Morgan fingerprint density at radius 3 is 2.80 bits per heavy atom. The molecule has 0 aliphatic heterocycles. The van der Waals surface area contributed by atoms with E-state index < -0.39 is 0 Å². The molecule has 2 aliphatic carbocycles. The summed E-state index contributed by atoms with van der Waals surface area (Å²) in [4.78, 5) is 8.32. The van der Waals surface area contributed by atoms with Gasteiger partial charge in [-0.25, -0.2) is 9.97 Å². The first kappa shape index (κ1) is 13.3. The Hall–Kier alpha value is -1.67. The number of rotatable bonds is 4. The number of hydrogen-bond acceptors (Lipinski definition) is 5. The highest BCUT2D eigenvalue weighted by Crippen LogP contribution is 2.55. The smallest absolute Gasteiger partial charge is 0.158 e. The Morgan fingerprint density at radius 2 is 2.20 bits per heavy atom. The van der Waals surface area contributed by atoms with Gasteiger partial charge in [-0.15, -0.1) is 0 Å². The zero-order chi connectivity index (χ0) is 14.0. The zero-order valence-electron chi connectivity index (χ0n) is 11.8. The third-order valence-corrected chi connectivity index (χ3v) is 4.78. The van der Waals surface area contributed by atoms with Gasteiger partial charge in [0, 0.05) is 18.1 Å². The lowest BCUT2D eigenvalue weighted by molar-refractivity contribution is -0.114. The molecule has 1 N–H and O–H groups in total. The van der Waals surface area contributed by atoms with Gasteiger partial charge >= 0.3 is 0 Å². The minimum Gasteiger partial charge on any atom is -0.378 e. The van der Waals surface area contributed by atoms with Gasteiger partial charge in [-0.05, 0) is 26.2 Å². The number of nitrogens with zero attached hydrogens (tertiary/aromatic N) is 3. The lowest BCUT2D eigenvalue weighted by Gasteiger charge is -2.54. The maximum absolute atomic E-state index is 8.74. The predicted octanol–water partition coefficient (Wildman–Crippen LogP) is 2.50. The Kier molecular flexibility index (Phi) is 3.58. The van der Waals surface area contributed by atoms with Crippen LogP contribution in [0.5, 0.6) is 0 Å². The molecule has 2 unspecified atom stereocenters. The fourth-order valence-electron chi connectivity index (χ4n) is 3.73. The van der Waals surface area contributed by atoms with E-state index in [0.717, 1.165) is 18.8 Å². The van der Waals surface area contributed by atoms with Gasteiger partial charge in [0.25, 0.3) is 0 Å². The molecule has 0 bridgehead atoms. The monoisotopic (exact) mass is 272 g/mol. The van der Waals surface area contributed by atoms with Gasteiger partial charge in [0.1, 0.15) is 11.9 Å². The van der Waals surface area contributed by atoms with Crippen LogP contribution in [0.25, 0.3) is 0 Å². The topological polar surface area (TPSA) is 70.8 Å². The van der Waals surface area contributed by atoms with Crippen molar-refractivity contribution in [3.05, 3.63) is 18.1 Å². The molecule has 1 aromatic rings. The fourth-order valence-corrected chi connectivity index (χ4v) is 3.73. The van der Waals surface area contributed by atoms with E-state index in [2.05, 4.69) is 22.2 Å². The van der Waals surface area contributed by atoms with Gasteiger partial charge in [-0.1, -0.05) is 12.8 Å². The molecular weight excluding hydrogens is 252 g/mol. The molecule has 5 heteroatoms. The number of anilines is 1. The molecule has 0 amide bonds. The molecule has 1 spiro atoms. The number of ether oxygens (including phenoxy) is 1. The third-order valence-electron chi connectivity index (χ3n) is 4.78. The second-order valence-electron chi connectivity index (χ2n) is 5.72. The summed E-state index contributed by atoms with van der Waals surface area (Å²) in [5, 5.41) is 12.2. The molecule has 0 saturated heterocycles. The van der Waals surface area contributed by atoms with E-state index in [1.54, 1.807) is 6.20 Å². The fraction of sp³-hybridized carbons (Fsp3) is 0.667. The number of nitrogens with one attached hydrogen (secondary N) is 1. The van der Waals surface area contributed by atoms with Crippen LogP contribution < -0.4 is 5.32 Å². The van der Waals surface area contributed by atoms with E-state index >= 15 is 0 Å². The Bertz CT molecular complexity index is 502. The first-order valence-electron chi connectivity index (χ1n) is 7.39. The highest BCUT2D eigenvalue weighted by molar-refractivity contribution is 5.37. The van der Waals surface area contributed by atoms with Crippen LogP contribution in [0.4, 0.5) is 5.82 Å². The highest BCUT2D eigenvalue weighted by Gasteiger charge is 2.56. The summed E-state index contributed by atoms with van der Waals surface area (Å²) in [6.45, 7) is 2.85. The van der Waals surface area contributed by atoms with Crippen molar-refractivity contribution in [2.75, 3.05) is 11.9 Å². The number of aromatic nitrogens is 2. The van der Waals surface area contributed by atoms with E-state index in [4.69, 9.17) is 10.00 Å². The Balaban J connectivity index is 1.69. The lowest BCUT2D eigenvalue weighted by atomic mass is 9.60. The largest absolute Gasteiger partial charge is 0.378 e. The molecule has 1 heterocycles. The molecule has 3 rings (SSSR count). The molecule has 2 fully saturated rings. The molecule has 20 heavy (non-hydrogen) atoms. The first-order chi connectivity index (χ1) is 9.78. The van der Waals surface area contributed by atoms with Crippen molar-refractivity contribution < 1.29 is 4.74 Å². The van der Waals surface area contributed by atoms with Crippen molar-refractivity contribution in [1.82, 2.24) is 9.97 Å². The second-order valence-corrected chi connectivity index (χ2v) is 5.72. The molecule has 0 radical (unpaired) electrons. The summed E-state index contributed by atoms with van der Waals surface area (Å²) >= 11 is 0. The van der Waals surface area contributed by atoms with Gasteiger partial charge in [0.2, 0.25) is 0 Å². The Labute approximate surface area is 119 Å². The first-order valence-corrected chi connectivity index (χ1v) is 7.39. The standard InChI is InChI=1S/C15H20N4O/c1-2-20-13-7-12(15(13)5-3-4-6-15)19-14-10-17-11(8-16)9-18-14/h9-10,12-13H,2-7H2,1H3,(H,18,19). The third kappa shape index (κ3) is 2.14. The van der Waals surface area contributed by atoms with Gasteiger partial charge in [-0.2, -0.15) is 5.26 Å². The summed E-state index contributed by atoms with van der Waals surface area (Å²) < 4.78 is 5.90. The molecule has 2 atom stereocenters. The molecule has 5 nitrogen and oxygen atoms in total. The van der Waals surface area contributed by atoms with E-state index in [0.29, 0.717) is 17.8 Å². The van der Waals surface area contributed by atoms with Crippen molar-refractivity contribution in [3.63, 3.8) is 0 Å². The summed E-state index contributed by atoms with van der Waals surface area (Å²) in [5.41, 5.74) is 0.637. The van der Waals surface area contributed by atoms with Crippen molar-refractivity contribution in [3.8, 4) is 6.07 Å². The molecule has 2 saturated carbocycles. The van der Waals surface area contributed by atoms with Crippen LogP contribution in [0.2, 0.25) is 0 Å². The van der Waals surface area contributed by atoms with Gasteiger partial charge in [0.15, 0.2) is 5.69 Å². The average Bonchev–Trinajstić information content (AvgIpc) is 2.99. The molecule has 1 aromatic heterocycles. The van der Waals surface area contributed by atoms with Crippen molar-refractivity contribution in [1.29, 1.82) is 5.26 Å².